The van der Waals surface area contributed by atoms with E-state index in [0.717, 1.165) is 40.5 Å². The van der Waals surface area contributed by atoms with Crippen molar-refractivity contribution in [2.45, 2.75) is 26.7 Å². The van der Waals surface area contributed by atoms with E-state index in [-0.39, 0.29) is 5.91 Å². The van der Waals surface area contributed by atoms with E-state index in [1.54, 1.807) is 17.3 Å². The highest BCUT2D eigenvalue weighted by molar-refractivity contribution is 7.17. The van der Waals surface area contributed by atoms with Crippen LogP contribution in [-0.4, -0.2) is 34.4 Å². The van der Waals surface area contributed by atoms with E-state index in [1.807, 2.05) is 26.1 Å². The van der Waals surface area contributed by atoms with Gasteiger partial charge in [0, 0.05) is 31.5 Å². The van der Waals surface area contributed by atoms with Crippen LogP contribution >= 0.6 is 11.3 Å². The van der Waals surface area contributed by atoms with E-state index in [9.17, 15) is 4.79 Å². The summed E-state index contributed by atoms with van der Waals surface area (Å²) >= 11 is 1.45. The van der Waals surface area contributed by atoms with Gasteiger partial charge in [-0.1, -0.05) is 13.3 Å². The molecule has 106 valence electrons. The third-order valence-electron chi connectivity index (χ3n) is 3.11. The van der Waals surface area contributed by atoms with Crippen molar-refractivity contribution >= 4 is 17.2 Å². The number of pyridine rings is 1. The molecule has 0 aliphatic heterocycles. The SMILES string of the molecule is CCCCN(C)C(=O)c1sc(-c2ccncc2)nc1C. The Balaban J connectivity index is 2.21. The molecule has 2 rings (SSSR count). The molecule has 0 radical (unpaired) electrons. The maximum absolute atomic E-state index is 12.4. The van der Waals surface area contributed by atoms with Crippen LogP contribution in [0, 0.1) is 6.92 Å². The van der Waals surface area contributed by atoms with Gasteiger partial charge < -0.3 is 4.90 Å². The van der Waals surface area contributed by atoms with E-state index in [2.05, 4.69) is 16.9 Å². The van der Waals surface area contributed by atoms with E-state index in [0.29, 0.717) is 0 Å². The molecular formula is C15H19N3OS. The van der Waals surface area contributed by atoms with Gasteiger partial charge in [-0.25, -0.2) is 4.98 Å². The van der Waals surface area contributed by atoms with Gasteiger partial charge in [0.25, 0.3) is 5.91 Å². The number of carbonyl (C=O) groups is 1. The van der Waals surface area contributed by atoms with Gasteiger partial charge in [-0.15, -0.1) is 11.3 Å². The summed E-state index contributed by atoms with van der Waals surface area (Å²) in [4.78, 5) is 23.4. The van der Waals surface area contributed by atoms with Gasteiger partial charge in [0.2, 0.25) is 0 Å². The maximum atomic E-state index is 12.4. The number of aromatic nitrogens is 2. The van der Waals surface area contributed by atoms with Crippen molar-refractivity contribution in [2.75, 3.05) is 13.6 Å². The number of aryl methyl sites for hydroxylation is 1. The Morgan fingerprint density at radius 1 is 1.35 bits per heavy atom. The van der Waals surface area contributed by atoms with Crippen LogP contribution in [0.4, 0.5) is 0 Å². The maximum Gasteiger partial charge on any atom is 0.265 e. The van der Waals surface area contributed by atoms with E-state index >= 15 is 0 Å². The predicted octanol–water partition coefficient (Wildman–Crippen LogP) is 3.39. The number of carbonyl (C=O) groups excluding carboxylic acids is 1. The van der Waals surface area contributed by atoms with Gasteiger partial charge in [-0.2, -0.15) is 0 Å². The number of hydrogen-bond acceptors (Lipinski definition) is 4. The Morgan fingerprint density at radius 2 is 2.05 bits per heavy atom. The number of hydrogen-bond donors (Lipinski definition) is 0. The summed E-state index contributed by atoms with van der Waals surface area (Å²) in [5.74, 6) is 0.0637. The molecule has 5 heteroatoms. The topological polar surface area (TPSA) is 46.1 Å². The highest BCUT2D eigenvalue weighted by Gasteiger charge is 2.19. The minimum absolute atomic E-state index is 0.0637. The first-order chi connectivity index (χ1) is 9.63. The highest BCUT2D eigenvalue weighted by Crippen LogP contribution is 2.28. The molecular weight excluding hydrogens is 270 g/mol. The lowest BCUT2D eigenvalue weighted by molar-refractivity contribution is 0.0797. The molecule has 2 heterocycles. The number of unbranched alkanes of at least 4 members (excludes halogenated alkanes) is 1. The summed E-state index contributed by atoms with van der Waals surface area (Å²) in [6.45, 7) is 4.80. The Labute approximate surface area is 123 Å². The predicted molar refractivity (Wildman–Crippen MR) is 82.0 cm³/mol. The quantitative estimate of drug-likeness (QED) is 0.847. The van der Waals surface area contributed by atoms with Crippen LogP contribution in [0.15, 0.2) is 24.5 Å². The third-order valence-corrected chi connectivity index (χ3v) is 4.31. The van der Waals surface area contributed by atoms with E-state index in [1.165, 1.54) is 11.3 Å². The number of amides is 1. The summed E-state index contributed by atoms with van der Waals surface area (Å²) in [7, 11) is 1.85. The zero-order chi connectivity index (χ0) is 14.5. The molecule has 0 saturated heterocycles. The second-order valence-electron chi connectivity index (χ2n) is 4.75. The Kier molecular flexibility index (Phi) is 4.84. The van der Waals surface area contributed by atoms with Crippen LogP contribution in [0.2, 0.25) is 0 Å². The lowest BCUT2D eigenvalue weighted by Gasteiger charge is -2.15. The Hall–Kier alpha value is -1.75. The molecule has 0 atom stereocenters. The van der Waals surface area contributed by atoms with Crippen molar-refractivity contribution in [1.82, 2.24) is 14.9 Å². The monoisotopic (exact) mass is 289 g/mol. The fourth-order valence-electron chi connectivity index (χ4n) is 1.88. The molecule has 0 N–H and O–H groups in total. The lowest BCUT2D eigenvalue weighted by atomic mass is 10.3. The average Bonchev–Trinajstić information content (AvgIpc) is 2.87. The molecule has 0 aromatic carbocycles. The molecule has 4 nitrogen and oxygen atoms in total. The Bertz CT molecular complexity index is 580. The van der Waals surface area contributed by atoms with Crippen molar-refractivity contribution < 1.29 is 4.79 Å². The fourth-order valence-corrected chi connectivity index (χ4v) is 2.95. The smallest absolute Gasteiger partial charge is 0.265 e. The van der Waals surface area contributed by atoms with Gasteiger partial charge in [0.1, 0.15) is 9.88 Å². The molecule has 2 aromatic heterocycles. The van der Waals surface area contributed by atoms with Gasteiger partial charge in [-0.3, -0.25) is 9.78 Å². The molecule has 20 heavy (non-hydrogen) atoms. The molecule has 0 fully saturated rings. The first-order valence-electron chi connectivity index (χ1n) is 6.76. The zero-order valence-corrected chi connectivity index (χ0v) is 12.9. The highest BCUT2D eigenvalue weighted by atomic mass is 32.1. The summed E-state index contributed by atoms with van der Waals surface area (Å²) < 4.78 is 0. The largest absolute Gasteiger partial charge is 0.341 e. The molecule has 2 aromatic rings. The van der Waals surface area contributed by atoms with Crippen molar-refractivity contribution in [1.29, 1.82) is 0 Å². The van der Waals surface area contributed by atoms with Crippen molar-refractivity contribution in [3.63, 3.8) is 0 Å². The normalized spacial score (nSPS) is 10.6. The van der Waals surface area contributed by atoms with Crippen molar-refractivity contribution in [3.05, 3.63) is 35.1 Å². The second kappa shape index (κ2) is 6.61. The summed E-state index contributed by atoms with van der Waals surface area (Å²) in [6, 6.07) is 3.82. The van der Waals surface area contributed by atoms with Gasteiger partial charge >= 0.3 is 0 Å². The van der Waals surface area contributed by atoms with Crippen molar-refractivity contribution in [3.8, 4) is 10.6 Å². The van der Waals surface area contributed by atoms with Crippen LogP contribution in [0.25, 0.3) is 10.6 Å². The molecule has 1 amide bonds. The first-order valence-corrected chi connectivity index (χ1v) is 7.58. The molecule has 0 bridgehead atoms. The van der Waals surface area contributed by atoms with E-state index in [4.69, 9.17) is 0 Å². The standard InChI is InChI=1S/C15H19N3OS/c1-4-5-10-18(3)15(19)13-11(2)17-14(20-13)12-6-8-16-9-7-12/h6-9H,4-5,10H2,1-3H3. The lowest BCUT2D eigenvalue weighted by Crippen LogP contribution is -2.27. The Morgan fingerprint density at radius 3 is 2.70 bits per heavy atom. The summed E-state index contributed by atoms with van der Waals surface area (Å²) in [5.41, 5.74) is 1.80. The van der Waals surface area contributed by atoms with Gasteiger partial charge in [-0.05, 0) is 25.5 Å². The van der Waals surface area contributed by atoms with Gasteiger partial charge in [0.15, 0.2) is 0 Å². The van der Waals surface area contributed by atoms with E-state index < -0.39 is 0 Å². The molecule has 0 spiro atoms. The second-order valence-corrected chi connectivity index (χ2v) is 5.75. The summed E-state index contributed by atoms with van der Waals surface area (Å²) in [5, 5.41) is 0.872. The number of nitrogens with zero attached hydrogens (tertiary/aromatic N) is 3. The molecule has 0 unspecified atom stereocenters. The minimum Gasteiger partial charge on any atom is -0.341 e. The minimum atomic E-state index is 0.0637. The van der Waals surface area contributed by atoms with Crippen LogP contribution in [0.1, 0.15) is 35.1 Å². The van der Waals surface area contributed by atoms with Crippen LogP contribution in [0.5, 0.6) is 0 Å². The summed E-state index contributed by atoms with van der Waals surface area (Å²) in [6.07, 6.45) is 5.58. The molecule has 0 aliphatic rings. The number of thiazole rings is 1. The van der Waals surface area contributed by atoms with Crippen molar-refractivity contribution in [2.24, 2.45) is 0 Å². The van der Waals surface area contributed by atoms with Gasteiger partial charge in [0.05, 0.1) is 5.69 Å². The average molecular weight is 289 g/mol. The fraction of sp³-hybridized carbons (Fsp3) is 0.400. The molecule has 0 saturated carbocycles. The van der Waals surface area contributed by atoms with Crippen LogP contribution < -0.4 is 0 Å². The molecule has 0 aliphatic carbocycles. The zero-order valence-electron chi connectivity index (χ0n) is 12.1. The first kappa shape index (κ1) is 14.7. The number of rotatable bonds is 5. The third kappa shape index (κ3) is 3.22. The van der Waals surface area contributed by atoms with Crippen LogP contribution in [-0.2, 0) is 0 Å². The van der Waals surface area contributed by atoms with Crippen LogP contribution in [0.3, 0.4) is 0 Å².